The van der Waals surface area contributed by atoms with Crippen LogP contribution in [0.5, 0.6) is 0 Å². The third kappa shape index (κ3) is 16.2. The predicted molar refractivity (Wildman–Crippen MR) is 232 cm³/mol. The van der Waals surface area contributed by atoms with Crippen LogP contribution in [-0.4, -0.2) is 96.8 Å². The van der Waals surface area contributed by atoms with Gasteiger partial charge in [-0.05, 0) is 88.4 Å². The number of nitrogens with zero attached hydrogens (tertiary/aromatic N) is 1. The molecule has 1 heterocycles. The summed E-state index contributed by atoms with van der Waals surface area (Å²) in [6, 6.07) is 6.99. The fourth-order valence-electron chi connectivity index (χ4n) is 6.76. The Kier molecular flexibility index (Phi) is 19.7. The number of carbonyl (C=O) groups is 5. The highest BCUT2D eigenvalue weighted by atomic mass is 28.4. The van der Waals surface area contributed by atoms with Crippen LogP contribution in [0.15, 0.2) is 30.3 Å². The molecule has 1 unspecified atom stereocenters. The van der Waals surface area contributed by atoms with Crippen LogP contribution in [0.2, 0.25) is 18.1 Å². The molecule has 14 heteroatoms. The first-order valence-corrected chi connectivity index (χ1v) is 24.5. The van der Waals surface area contributed by atoms with Crippen molar-refractivity contribution in [2.45, 2.75) is 189 Å². The Morgan fingerprint density at radius 1 is 0.915 bits per heavy atom. The van der Waals surface area contributed by atoms with E-state index in [0.717, 1.165) is 5.56 Å². The number of Topliss-reactive ketones (excluding diaryl/α,β-unsaturated/α-hetero) is 1. The second kappa shape index (κ2) is 22.5. The van der Waals surface area contributed by atoms with Crippen LogP contribution in [0.3, 0.4) is 0 Å². The third-order valence-electron chi connectivity index (χ3n) is 11.4. The molecule has 2 rings (SSSR count). The number of ether oxygens (including phenoxy) is 3. The molecule has 0 aromatic heterocycles. The zero-order chi connectivity index (χ0) is 45.0. The molecule has 336 valence electrons. The number of hydrogen-bond donors (Lipinski definition) is 3. The Balaban J connectivity index is 2.28. The minimum absolute atomic E-state index is 0.00813. The molecule has 0 bridgehead atoms. The summed E-state index contributed by atoms with van der Waals surface area (Å²) in [6.45, 7) is 29.1. The van der Waals surface area contributed by atoms with E-state index in [2.05, 4.69) is 44.5 Å². The lowest BCUT2D eigenvalue weighted by Crippen LogP contribution is -2.56. The molecule has 1 saturated heterocycles. The molecule has 3 N–H and O–H groups in total. The van der Waals surface area contributed by atoms with Crippen molar-refractivity contribution in [3.05, 3.63) is 35.9 Å². The first-order chi connectivity index (χ1) is 27.2. The summed E-state index contributed by atoms with van der Waals surface area (Å²) < 4.78 is 24.2. The van der Waals surface area contributed by atoms with Gasteiger partial charge in [-0.25, -0.2) is 9.59 Å². The number of esters is 1. The summed E-state index contributed by atoms with van der Waals surface area (Å²) in [5, 5.41) is 17.2. The number of nitrogens with one attached hydrogen (secondary N) is 2. The molecule has 1 aromatic carbocycles. The Morgan fingerprint density at radius 2 is 1.53 bits per heavy atom. The first kappa shape index (κ1) is 51.8. The maximum atomic E-state index is 14.1. The molecule has 3 amide bonds. The largest absolute Gasteiger partial charge is 0.459 e. The van der Waals surface area contributed by atoms with Crippen molar-refractivity contribution < 1.29 is 47.7 Å². The summed E-state index contributed by atoms with van der Waals surface area (Å²) in [5.74, 6) is -3.84. The normalized spacial score (nSPS) is 18.7. The van der Waals surface area contributed by atoms with E-state index in [0.29, 0.717) is 32.2 Å². The van der Waals surface area contributed by atoms with Gasteiger partial charge in [-0.2, -0.15) is 0 Å². The zero-order valence-electron chi connectivity index (χ0n) is 38.7. The van der Waals surface area contributed by atoms with Crippen molar-refractivity contribution in [2.75, 3.05) is 6.54 Å². The minimum Gasteiger partial charge on any atom is -0.459 e. The van der Waals surface area contributed by atoms with Crippen LogP contribution in [0, 0.1) is 23.7 Å². The van der Waals surface area contributed by atoms with Gasteiger partial charge < -0.3 is 39.3 Å². The molecule has 1 aliphatic rings. The van der Waals surface area contributed by atoms with Crippen LogP contribution in [0.25, 0.3) is 0 Å². The summed E-state index contributed by atoms with van der Waals surface area (Å²) in [7, 11) is -2.48. The average Bonchev–Trinajstić information content (AvgIpc) is 3.62. The lowest BCUT2D eigenvalue weighted by atomic mass is 9.91. The van der Waals surface area contributed by atoms with Crippen molar-refractivity contribution in [3.8, 4) is 0 Å². The number of alkyl carbamates (subject to hydrolysis) is 1. The summed E-state index contributed by atoms with van der Waals surface area (Å²) in [4.78, 5) is 69.7. The maximum Gasteiger partial charge on any atom is 0.407 e. The van der Waals surface area contributed by atoms with Crippen molar-refractivity contribution in [3.63, 3.8) is 0 Å². The maximum absolute atomic E-state index is 14.1. The van der Waals surface area contributed by atoms with E-state index < -0.39 is 92.0 Å². The molecule has 0 aliphatic carbocycles. The number of benzene rings is 1. The molecule has 0 spiro atoms. The Labute approximate surface area is 355 Å². The number of aliphatic hydroxyl groups excluding tert-OH is 1. The van der Waals surface area contributed by atoms with Gasteiger partial charge in [-0.3, -0.25) is 14.4 Å². The molecule has 0 saturated carbocycles. The number of likely N-dealkylation sites (tertiary alicyclic amines) is 1. The van der Waals surface area contributed by atoms with Crippen molar-refractivity contribution in [1.29, 1.82) is 0 Å². The fraction of sp³-hybridized carbons (Fsp3) is 0.756. The molecule has 59 heavy (non-hydrogen) atoms. The van der Waals surface area contributed by atoms with Crippen LogP contribution in [-0.2, 0) is 44.4 Å². The van der Waals surface area contributed by atoms with E-state index in [4.69, 9.17) is 18.6 Å². The van der Waals surface area contributed by atoms with Crippen LogP contribution >= 0.6 is 0 Å². The average molecular weight is 848 g/mol. The van der Waals surface area contributed by atoms with E-state index in [1.807, 2.05) is 58.0 Å². The van der Waals surface area contributed by atoms with Gasteiger partial charge >= 0.3 is 12.1 Å². The lowest BCUT2D eigenvalue weighted by molar-refractivity contribution is -0.178. The smallest absolute Gasteiger partial charge is 0.407 e. The Morgan fingerprint density at radius 3 is 2.05 bits per heavy atom. The molecule has 0 radical (unpaired) electrons. The Hall–Kier alpha value is -3.33. The number of carbonyl (C=O) groups excluding carboxylic acids is 5. The SMILES string of the molecule is CC[C@H](C)[C@@H](NC(=O)OC(C)(C)C)[C@H](CC(O)O[C@H](C(=O)[C@H](C)C(=O)N[C@@H](CC(C)C)C(=O)N1CCC[C@H]1C(=O)OCc1ccccc1)C(C)C)O[Si](C)(C)C(C)(C)C. The lowest BCUT2D eigenvalue weighted by Gasteiger charge is -2.43. The van der Waals surface area contributed by atoms with Gasteiger partial charge in [-0.15, -0.1) is 0 Å². The fourth-order valence-corrected chi connectivity index (χ4v) is 8.12. The van der Waals surface area contributed by atoms with E-state index in [1.165, 1.54) is 11.8 Å². The molecular weight excluding hydrogens is 771 g/mol. The summed E-state index contributed by atoms with van der Waals surface area (Å²) in [6.07, 6.45) is -1.99. The van der Waals surface area contributed by atoms with Crippen LogP contribution < -0.4 is 10.6 Å². The topological polar surface area (TPSA) is 170 Å². The highest BCUT2D eigenvalue weighted by Gasteiger charge is 2.44. The highest BCUT2D eigenvalue weighted by molar-refractivity contribution is 6.74. The minimum atomic E-state index is -2.48. The van der Waals surface area contributed by atoms with Gasteiger partial charge in [0, 0.05) is 13.0 Å². The van der Waals surface area contributed by atoms with Gasteiger partial charge in [0.15, 0.2) is 20.4 Å². The first-order valence-electron chi connectivity index (χ1n) is 21.5. The molecule has 13 nitrogen and oxygen atoms in total. The van der Waals surface area contributed by atoms with Gasteiger partial charge in [0.1, 0.15) is 30.4 Å². The molecule has 8 atom stereocenters. The second-order valence-corrected chi connectivity index (χ2v) is 24.3. The molecular formula is C45H77N3O10Si. The number of aliphatic hydroxyl groups is 1. The van der Waals surface area contributed by atoms with E-state index in [9.17, 15) is 29.1 Å². The van der Waals surface area contributed by atoms with E-state index in [-0.39, 0.29) is 29.9 Å². The van der Waals surface area contributed by atoms with Gasteiger partial charge in [0.2, 0.25) is 11.8 Å². The number of ketones is 1. The summed E-state index contributed by atoms with van der Waals surface area (Å²) in [5.41, 5.74) is 0.104. The molecule has 1 aliphatic heterocycles. The zero-order valence-corrected chi connectivity index (χ0v) is 39.7. The van der Waals surface area contributed by atoms with Crippen LogP contribution in [0.1, 0.15) is 128 Å². The van der Waals surface area contributed by atoms with Gasteiger partial charge in [0.25, 0.3) is 0 Å². The summed E-state index contributed by atoms with van der Waals surface area (Å²) >= 11 is 0. The quantitative estimate of drug-likeness (QED) is 0.0487. The third-order valence-corrected chi connectivity index (χ3v) is 15.9. The highest BCUT2D eigenvalue weighted by Crippen LogP contribution is 2.39. The van der Waals surface area contributed by atoms with Gasteiger partial charge in [-0.1, -0.05) is 99.1 Å². The standard InChI is InChI=1S/C45H77N3O10Si/c1-16-30(6)37(47-43(54)57-44(8,9)10)35(58-59(14,15)45(11,12)13)26-36(49)56-39(29(4)5)38(50)31(7)40(51)46-33(25-28(2)3)41(52)48-24-20-23-34(48)42(53)55-27-32-21-18-17-19-22-32/h17-19,21-22,28-31,33-37,39,49H,16,20,23-27H2,1-15H3,(H,46,51)(H,47,54)/t30-,31-,33-,34-,35-,36?,37+,39-/m0/s1. The Bertz CT molecular complexity index is 1520. The number of hydrogen-bond acceptors (Lipinski definition) is 10. The molecule has 1 fully saturated rings. The second-order valence-electron chi connectivity index (χ2n) is 19.6. The van der Waals surface area contributed by atoms with Crippen molar-refractivity contribution in [1.82, 2.24) is 15.5 Å². The van der Waals surface area contributed by atoms with Gasteiger partial charge in [0.05, 0.1) is 18.1 Å². The number of amides is 3. The van der Waals surface area contributed by atoms with Crippen molar-refractivity contribution >= 4 is 38.0 Å². The van der Waals surface area contributed by atoms with Crippen LogP contribution in [0.4, 0.5) is 4.79 Å². The molecule has 1 aromatic rings. The van der Waals surface area contributed by atoms with Crippen molar-refractivity contribution in [2.24, 2.45) is 23.7 Å². The predicted octanol–water partition coefficient (Wildman–Crippen LogP) is 7.54. The monoisotopic (exact) mass is 848 g/mol. The van der Waals surface area contributed by atoms with E-state index >= 15 is 0 Å². The number of rotatable bonds is 21. The van der Waals surface area contributed by atoms with E-state index in [1.54, 1.807) is 34.6 Å².